The van der Waals surface area contributed by atoms with E-state index in [2.05, 4.69) is 30.3 Å². The third kappa shape index (κ3) is 2.66. The first kappa shape index (κ1) is 12.4. The van der Waals surface area contributed by atoms with Crippen LogP contribution in [-0.2, 0) is 6.54 Å². The number of rotatable bonds is 5. The number of aryl methyl sites for hydroxylation is 1. The minimum absolute atomic E-state index is 0.450. The third-order valence-corrected chi connectivity index (χ3v) is 2.37. The fourth-order valence-corrected chi connectivity index (χ4v) is 1.43. The molecule has 0 unspecified atom stereocenters. The van der Waals surface area contributed by atoms with Crippen molar-refractivity contribution in [2.24, 2.45) is 5.92 Å². The van der Waals surface area contributed by atoms with Crippen LogP contribution in [0, 0.1) is 17.2 Å². The SMILES string of the molecule is CCNc1nn(CCC(C)C)c(N)c1C#N. The zero-order chi connectivity index (χ0) is 12.1. The van der Waals surface area contributed by atoms with Gasteiger partial charge in [0.1, 0.15) is 17.5 Å². The maximum Gasteiger partial charge on any atom is 0.168 e. The lowest BCUT2D eigenvalue weighted by molar-refractivity contribution is 0.492. The summed E-state index contributed by atoms with van der Waals surface area (Å²) in [6, 6.07) is 2.09. The highest BCUT2D eigenvalue weighted by Gasteiger charge is 2.14. The zero-order valence-corrected chi connectivity index (χ0v) is 10.1. The lowest BCUT2D eigenvalue weighted by Crippen LogP contribution is -2.07. The molecule has 0 fully saturated rings. The van der Waals surface area contributed by atoms with Crippen molar-refractivity contribution in [1.82, 2.24) is 9.78 Å². The van der Waals surface area contributed by atoms with Crippen LogP contribution < -0.4 is 11.1 Å². The third-order valence-electron chi connectivity index (χ3n) is 2.37. The Kier molecular flexibility index (Phi) is 4.18. The molecule has 1 heterocycles. The number of aromatic nitrogens is 2. The summed E-state index contributed by atoms with van der Waals surface area (Å²) in [5.41, 5.74) is 6.32. The molecule has 0 saturated heterocycles. The molecule has 0 bridgehead atoms. The molecule has 1 rings (SSSR count). The average Bonchev–Trinajstić information content (AvgIpc) is 2.52. The lowest BCUT2D eigenvalue weighted by Gasteiger charge is -2.05. The molecule has 16 heavy (non-hydrogen) atoms. The van der Waals surface area contributed by atoms with Gasteiger partial charge in [-0.2, -0.15) is 10.4 Å². The highest BCUT2D eigenvalue weighted by molar-refractivity contribution is 5.63. The van der Waals surface area contributed by atoms with Crippen LogP contribution in [0.15, 0.2) is 0 Å². The monoisotopic (exact) mass is 221 g/mol. The van der Waals surface area contributed by atoms with Crippen LogP contribution in [-0.4, -0.2) is 16.3 Å². The van der Waals surface area contributed by atoms with Crippen LogP contribution in [0.5, 0.6) is 0 Å². The lowest BCUT2D eigenvalue weighted by atomic mass is 10.1. The van der Waals surface area contributed by atoms with Crippen molar-refractivity contribution >= 4 is 11.6 Å². The van der Waals surface area contributed by atoms with Crippen molar-refractivity contribution < 1.29 is 0 Å². The Labute approximate surface area is 96.2 Å². The number of anilines is 2. The fraction of sp³-hybridized carbons (Fsp3) is 0.636. The van der Waals surface area contributed by atoms with Gasteiger partial charge in [0.05, 0.1) is 0 Å². The van der Waals surface area contributed by atoms with E-state index in [1.54, 1.807) is 4.68 Å². The number of nitrogens with zero attached hydrogens (tertiary/aromatic N) is 3. The molecule has 0 spiro atoms. The normalized spacial score (nSPS) is 10.4. The number of nitrogens with two attached hydrogens (primary N) is 1. The number of hydrogen-bond donors (Lipinski definition) is 2. The predicted molar refractivity (Wildman–Crippen MR) is 65.0 cm³/mol. The fourth-order valence-electron chi connectivity index (χ4n) is 1.43. The van der Waals surface area contributed by atoms with E-state index in [0.717, 1.165) is 19.5 Å². The van der Waals surface area contributed by atoms with Gasteiger partial charge in [0.25, 0.3) is 0 Å². The molecule has 0 amide bonds. The quantitative estimate of drug-likeness (QED) is 0.794. The Morgan fingerprint density at radius 1 is 1.56 bits per heavy atom. The summed E-state index contributed by atoms with van der Waals surface area (Å²) in [4.78, 5) is 0. The van der Waals surface area contributed by atoms with Crippen molar-refractivity contribution in [3.8, 4) is 6.07 Å². The molecule has 3 N–H and O–H groups in total. The molecule has 5 nitrogen and oxygen atoms in total. The zero-order valence-electron chi connectivity index (χ0n) is 10.1. The molecule has 0 aliphatic rings. The summed E-state index contributed by atoms with van der Waals surface area (Å²) in [7, 11) is 0. The summed E-state index contributed by atoms with van der Waals surface area (Å²) in [5.74, 6) is 1.64. The van der Waals surface area contributed by atoms with Gasteiger partial charge in [-0.1, -0.05) is 13.8 Å². The van der Waals surface area contributed by atoms with Crippen LogP contribution >= 0.6 is 0 Å². The summed E-state index contributed by atoms with van der Waals surface area (Å²) in [6.45, 7) is 7.75. The maximum absolute atomic E-state index is 8.99. The highest BCUT2D eigenvalue weighted by Crippen LogP contribution is 2.21. The number of nitrogens with one attached hydrogen (secondary N) is 1. The van der Waals surface area contributed by atoms with Crippen molar-refractivity contribution in [2.45, 2.75) is 33.7 Å². The molecule has 0 atom stereocenters. The van der Waals surface area contributed by atoms with Crippen LogP contribution in [0.25, 0.3) is 0 Å². The Balaban J connectivity index is 2.90. The first-order valence-corrected chi connectivity index (χ1v) is 5.60. The molecule has 0 radical (unpaired) electrons. The van der Waals surface area contributed by atoms with Gasteiger partial charge in [0, 0.05) is 13.1 Å². The minimum atomic E-state index is 0.450. The summed E-state index contributed by atoms with van der Waals surface area (Å²) in [5, 5.41) is 16.3. The summed E-state index contributed by atoms with van der Waals surface area (Å²) >= 11 is 0. The topological polar surface area (TPSA) is 79.7 Å². The largest absolute Gasteiger partial charge is 0.383 e. The van der Waals surface area contributed by atoms with Crippen molar-refractivity contribution in [1.29, 1.82) is 5.26 Å². The van der Waals surface area contributed by atoms with E-state index < -0.39 is 0 Å². The smallest absolute Gasteiger partial charge is 0.168 e. The van der Waals surface area contributed by atoms with Gasteiger partial charge in [0.15, 0.2) is 5.82 Å². The van der Waals surface area contributed by atoms with Crippen LogP contribution in [0.4, 0.5) is 11.6 Å². The van der Waals surface area contributed by atoms with Gasteiger partial charge in [0.2, 0.25) is 0 Å². The Morgan fingerprint density at radius 3 is 2.75 bits per heavy atom. The molecule has 0 aliphatic heterocycles. The van der Waals surface area contributed by atoms with Gasteiger partial charge >= 0.3 is 0 Å². The first-order valence-electron chi connectivity index (χ1n) is 5.60. The molecule has 0 saturated carbocycles. The number of hydrogen-bond acceptors (Lipinski definition) is 4. The predicted octanol–water partition coefficient (Wildman–Crippen LogP) is 1.81. The molecular formula is C11H19N5. The highest BCUT2D eigenvalue weighted by atomic mass is 15.3. The Morgan fingerprint density at radius 2 is 2.25 bits per heavy atom. The Hall–Kier alpha value is -1.70. The second-order valence-electron chi connectivity index (χ2n) is 4.16. The number of nitriles is 1. The van der Waals surface area contributed by atoms with E-state index in [0.29, 0.717) is 23.1 Å². The van der Waals surface area contributed by atoms with Gasteiger partial charge in [-0.15, -0.1) is 0 Å². The second kappa shape index (κ2) is 5.40. The molecule has 0 aliphatic carbocycles. The van der Waals surface area contributed by atoms with Crippen molar-refractivity contribution in [2.75, 3.05) is 17.6 Å². The van der Waals surface area contributed by atoms with Gasteiger partial charge in [-0.25, -0.2) is 4.68 Å². The Bertz CT molecular complexity index is 386. The maximum atomic E-state index is 8.99. The van der Waals surface area contributed by atoms with E-state index in [-0.39, 0.29) is 0 Å². The summed E-state index contributed by atoms with van der Waals surface area (Å²) < 4.78 is 1.70. The van der Waals surface area contributed by atoms with Crippen LogP contribution in [0.3, 0.4) is 0 Å². The minimum Gasteiger partial charge on any atom is -0.383 e. The molecular weight excluding hydrogens is 202 g/mol. The molecule has 5 heteroatoms. The van der Waals surface area contributed by atoms with Gasteiger partial charge < -0.3 is 11.1 Å². The van der Waals surface area contributed by atoms with E-state index in [4.69, 9.17) is 11.0 Å². The molecule has 88 valence electrons. The van der Waals surface area contributed by atoms with Crippen LogP contribution in [0.2, 0.25) is 0 Å². The van der Waals surface area contributed by atoms with Gasteiger partial charge in [-0.05, 0) is 19.3 Å². The summed E-state index contributed by atoms with van der Waals surface area (Å²) in [6.07, 6.45) is 1.00. The van der Waals surface area contributed by atoms with E-state index >= 15 is 0 Å². The van der Waals surface area contributed by atoms with E-state index in [1.807, 2.05) is 6.92 Å². The van der Waals surface area contributed by atoms with Crippen LogP contribution in [0.1, 0.15) is 32.8 Å². The molecule has 1 aromatic rings. The van der Waals surface area contributed by atoms with Crippen molar-refractivity contribution in [3.05, 3.63) is 5.56 Å². The number of nitrogen functional groups attached to an aromatic ring is 1. The first-order chi connectivity index (χ1) is 7.60. The van der Waals surface area contributed by atoms with Crippen molar-refractivity contribution in [3.63, 3.8) is 0 Å². The van der Waals surface area contributed by atoms with Gasteiger partial charge in [-0.3, -0.25) is 0 Å². The molecule has 1 aromatic heterocycles. The van der Waals surface area contributed by atoms with E-state index in [9.17, 15) is 0 Å². The standard InChI is InChI=1S/C11H19N5/c1-4-14-11-9(7-12)10(13)16(15-11)6-5-8(2)3/h8H,4-6,13H2,1-3H3,(H,14,15). The molecule has 0 aromatic carbocycles. The average molecular weight is 221 g/mol. The second-order valence-corrected chi connectivity index (χ2v) is 4.16. The van der Waals surface area contributed by atoms with E-state index in [1.165, 1.54) is 0 Å².